The molecule has 0 saturated heterocycles. The van der Waals surface area contributed by atoms with Crippen molar-refractivity contribution < 1.29 is 21.8 Å². The smallest absolute Gasteiger partial charge is 0.410 e. The van der Waals surface area contributed by atoms with Crippen molar-refractivity contribution in [1.29, 1.82) is 0 Å². The van der Waals surface area contributed by atoms with Crippen LogP contribution >= 0.6 is 0 Å². The molecule has 0 aliphatic rings. The second kappa shape index (κ2) is 6.07. The van der Waals surface area contributed by atoms with Crippen LogP contribution in [0.2, 0.25) is 0 Å². The van der Waals surface area contributed by atoms with Gasteiger partial charge in [-0.1, -0.05) is 20.8 Å². The number of halogens is 1. The maximum Gasteiger partial charge on any atom is 0.410 e. The third kappa shape index (κ3) is 10.7. The number of hydrogen-bond donors (Lipinski definition) is 0. The molecule has 0 aliphatic heterocycles. The Hall–Kier alpha value is -0.850. The molecule has 0 aliphatic carbocycles. The van der Waals surface area contributed by atoms with Gasteiger partial charge in [-0.15, -0.1) is 3.89 Å². The topological polar surface area (TPSA) is 63.7 Å². The number of hydrogen-bond acceptors (Lipinski definition) is 4. The molecule has 0 N–H and O–H groups in total. The van der Waals surface area contributed by atoms with E-state index in [1.54, 1.807) is 20.8 Å². The van der Waals surface area contributed by atoms with Gasteiger partial charge in [-0.3, -0.25) is 0 Å². The predicted molar refractivity (Wildman–Crippen MR) is 72.2 cm³/mol. The third-order valence-electron chi connectivity index (χ3n) is 1.92. The Balaban J connectivity index is 4.81. The molecule has 0 saturated carbocycles. The summed E-state index contributed by atoms with van der Waals surface area (Å²) in [6.45, 7) is 10.9. The van der Waals surface area contributed by atoms with E-state index in [4.69, 9.17) is 4.74 Å². The Morgan fingerprint density at radius 1 is 1.16 bits per heavy atom. The van der Waals surface area contributed by atoms with E-state index in [9.17, 15) is 17.1 Å². The molecule has 19 heavy (non-hydrogen) atoms. The van der Waals surface area contributed by atoms with E-state index < -0.39 is 27.7 Å². The van der Waals surface area contributed by atoms with Crippen LogP contribution in [0.1, 0.15) is 41.5 Å². The van der Waals surface area contributed by atoms with Crippen LogP contribution in [0, 0.1) is 5.41 Å². The first kappa shape index (κ1) is 18.1. The van der Waals surface area contributed by atoms with Gasteiger partial charge in [0.05, 0.1) is 5.75 Å². The number of ether oxygens (including phenoxy) is 1. The molecular weight excluding hydrogens is 273 g/mol. The van der Waals surface area contributed by atoms with Crippen molar-refractivity contribution in [3.63, 3.8) is 0 Å². The zero-order valence-electron chi connectivity index (χ0n) is 12.5. The molecule has 0 aromatic rings. The largest absolute Gasteiger partial charge is 0.444 e. The van der Waals surface area contributed by atoms with E-state index >= 15 is 0 Å². The lowest BCUT2D eigenvalue weighted by molar-refractivity contribution is 0.0202. The summed E-state index contributed by atoms with van der Waals surface area (Å²) in [6, 6.07) is 0. The highest BCUT2D eigenvalue weighted by atomic mass is 32.3. The van der Waals surface area contributed by atoms with Gasteiger partial charge in [0, 0.05) is 13.1 Å². The molecule has 1 amide bonds. The molecule has 0 bridgehead atoms. The van der Waals surface area contributed by atoms with Gasteiger partial charge in [-0.2, -0.15) is 8.42 Å². The van der Waals surface area contributed by atoms with Crippen LogP contribution in [-0.4, -0.2) is 43.9 Å². The Morgan fingerprint density at radius 2 is 1.63 bits per heavy atom. The summed E-state index contributed by atoms with van der Waals surface area (Å²) < 4.78 is 38.9. The van der Waals surface area contributed by atoms with Crippen molar-refractivity contribution >= 4 is 16.3 Å². The highest BCUT2D eigenvalue weighted by molar-refractivity contribution is 7.86. The first-order valence-corrected chi connectivity index (χ1v) is 7.65. The van der Waals surface area contributed by atoms with E-state index in [0.717, 1.165) is 0 Å². The molecule has 0 spiro atoms. The maximum absolute atomic E-state index is 12.6. The van der Waals surface area contributed by atoms with Crippen LogP contribution in [0.4, 0.5) is 8.68 Å². The van der Waals surface area contributed by atoms with Crippen molar-refractivity contribution in [3.8, 4) is 0 Å². The van der Waals surface area contributed by atoms with Gasteiger partial charge in [0.25, 0.3) is 0 Å². The van der Waals surface area contributed by atoms with E-state index in [2.05, 4.69) is 0 Å². The van der Waals surface area contributed by atoms with Crippen LogP contribution in [0.25, 0.3) is 0 Å². The van der Waals surface area contributed by atoms with E-state index in [0.29, 0.717) is 0 Å². The minimum atomic E-state index is -4.60. The summed E-state index contributed by atoms with van der Waals surface area (Å²) in [5, 5.41) is 0. The van der Waals surface area contributed by atoms with E-state index in [1.807, 2.05) is 20.8 Å². The van der Waals surface area contributed by atoms with Gasteiger partial charge < -0.3 is 9.64 Å². The van der Waals surface area contributed by atoms with Crippen LogP contribution in [-0.2, 0) is 15.0 Å². The predicted octanol–water partition coefficient (Wildman–Crippen LogP) is 2.57. The molecule has 114 valence electrons. The Kier molecular flexibility index (Phi) is 5.80. The number of rotatable bonds is 4. The first-order chi connectivity index (χ1) is 8.20. The Morgan fingerprint density at radius 3 is 1.95 bits per heavy atom. The summed E-state index contributed by atoms with van der Waals surface area (Å²) >= 11 is 0. The molecule has 5 nitrogen and oxygen atoms in total. The first-order valence-electron chi connectivity index (χ1n) is 6.10. The number of nitrogens with zero attached hydrogens (tertiary/aromatic N) is 1. The Labute approximate surface area is 115 Å². The Bertz CT molecular complexity index is 406. The van der Waals surface area contributed by atoms with Gasteiger partial charge in [0.15, 0.2) is 0 Å². The fourth-order valence-electron chi connectivity index (χ4n) is 1.35. The molecule has 0 fully saturated rings. The van der Waals surface area contributed by atoms with Crippen molar-refractivity contribution in [2.75, 3.05) is 18.8 Å². The normalized spacial score (nSPS) is 13.2. The zero-order chi connectivity index (χ0) is 15.5. The lowest BCUT2D eigenvalue weighted by Crippen LogP contribution is -2.43. The molecule has 0 radical (unpaired) electrons. The number of carbonyl (C=O) groups excluding carboxylic acids is 1. The molecular formula is C12H24FNO4S. The summed E-state index contributed by atoms with van der Waals surface area (Å²) in [5.41, 5.74) is -0.918. The van der Waals surface area contributed by atoms with Crippen LogP contribution in [0.5, 0.6) is 0 Å². The van der Waals surface area contributed by atoms with Crippen LogP contribution < -0.4 is 0 Å². The molecule has 0 aromatic heterocycles. The fourth-order valence-corrected chi connectivity index (χ4v) is 1.79. The lowest BCUT2D eigenvalue weighted by atomic mass is 9.96. The molecule has 0 heterocycles. The third-order valence-corrected chi connectivity index (χ3v) is 2.59. The maximum atomic E-state index is 12.6. The molecule has 0 atom stereocenters. The number of carbonyl (C=O) groups is 1. The molecule has 0 rings (SSSR count). The van der Waals surface area contributed by atoms with Gasteiger partial charge in [0.1, 0.15) is 5.60 Å². The monoisotopic (exact) mass is 297 g/mol. The van der Waals surface area contributed by atoms with Crippen molar-refractivity contribution in [3.05, 3.63) is 0 Å². The van der Waals surface area contributed by atoms with Crippen molar-refractivity contribution in [2.45, 2.75) is 47.1 Å². The van der Waals surface area contributed by atoms with Gasteiger partial charge in [0.2, 0.25) is 0 Å². The quantitative estimate of drug-likeness (QED) is 0.748. The van der Waals surface area contributed by atoms with Gasteiger partial charge in [-0.05, 0) is 26.2 Å². The second-order valence-corrected chi connectivity index (χ2v) is 8.19. The van der Waals surface area contributed by atoms with Gasteiger partial charge in [-0.25, -0.2) is 4.79 Å². The average molecular weight is 297 g/mol. The lowest BCUT2D eigenvalue weighted by Gasteiger charge is -2.31. The van der Waals surface area contributed by atoms with Crippen molar-refractivity contribution in [2.24, 2.45) is 5.41 Å². The summed E-state index contributed by atoms with van der Waals surface area (Å²) in [7, 11) is -4.60. The zero-order valence-corrected chi connectivity index (χ0v) is 13.3. The van der Waals surface area contributed by atoms with Crippen molar-refractivity contribution in [1.82, 2.24) is 4.90 Å². The SMILES string of the molecule is CC(C)(C)CN(CCS(=O)(=O)F)C(=O)OC(C)(C)C. The van der Waals surface area contributed by atoms with E-state index in [-0.39, 0.29) is 18.5 Å². The molecule has 0 aromatic carbocycles. The molecule has 7 heteroatoms. The van der Waals surface area contributed by atoms with E-state index in [1.165, 1.54) is 4.90 Å². The van der Waals surface area contributed by atoms with Crippen LogP contribution in [0.15, 0.2) is 0 Å². The summed E-state index contributed by atoms with van der Waals surface area (Å²) in [4.78, 5) is 13.2. The molecule has 0 unspecified atom stereocenters. The second-order valence-electron chi connectivity index (χ2n) is 6.71. The van der Waals surface area contributed by atoms with Gasteiger partial charge >= 0.3 is 16.3 Å². The standard InChI is InChI=1S/C12H24FNO4S/c1-11(2,3)9-14(7-8-19(13,16)17)10(15)18-12(4,5)6/h7-9H2,1-6H3. The summed E-state index contributed by atoms with van der Waals surface area (Å²) in [5.74, 6) is -0.720. The van der Waals surface area contributed by atoms with Crippen LogP contribution in [0.3, 0.4) is 0 Å². The fraction of sp³-hybridized carbons (Fsp3) is 0.917. The highest BCUT2D eigenvalue weighted by Crippen LogP contribution is 2.18. The highest BCUT2D eigenvalue weighted by Gasteiger charge is 2.27. The minimum absolute atomic E-state index is 0.217. The number of amides is 1. The minimum Gasteiger partial charge on any atom is -0.444 e. The average Bonchev–Trinajstić information content (AvgIpc) is 2.05. The summed E-state index contributed by atoms with van der Waals surface area (Å²) in [6.07, 6.45) is -0.633.